The van der Waals surface area contributed by atoms with E-state index in [-0.39, 0.29) is 5.82 Å². The number of nitrogens with zero attached hydrogens (tertiary/aromatic N) is 1. The van der Waals surface area contributed by atoms with Gasteiger partial charge in [0.05, 0.1) is 4.47 Å². The van der Waals surface area contributed by atoms with Gasteiger partial charge in [-0.05, 0) is 47.2 Å². The minimum absolute atomic E-state index is 0.197. The molecule has 0 radical (unpaired) electrons. The van der Waals surface area contributed by atoms with Crippen LogP contribution in [0.5, 0.6) is 0 Å². The molecule has 1 rings (SSSR count). The van der Waals surface area contributed by atoms with Crippen molar-refractivity contribution in [2.45, 2.75) is 13.5 Å². The molecule has 0 saturated heterocycles. The summed E-state index contributed by atoms with van der Waals surface area (Å²) in [4.78, 5) is 2.17. The smallest absolute Gasteiger partial charge is 0.137 e. The number of likely N-dealkylation sites (N-methyl/N-ethyl adjacent to an activating group) is 2. The van der Waals surface area contributed by atoms with Gasteiger partial charge in [0.2, 0.25) is 0 Å². The molecule has 1 aromatic carbocycles. The standard InChI is InChI=1S/C12H18BrFN2/c1-3-15-6-7-16(2)9-10-4-5-11(13)12(14)8-10/h4-5,8,15H,3,6-7,9H2,1-2H3. The van der Waals surface area contributed by atoms with Crippen molar-refractivity contribution in [2.75, 3.05) is 26.7 Å². The summed E-state index contributed by atoms with van der Waals surface area (Å²) in [6.07, 6.45) is 0. The predicted molar refractivity (Wildman–Crippen MR) is 69.0 cm³/mol. The van der Waals surface area contributed by atoms with E-state index in [9.17, 15) is 4.39 Å². The van der Waals surface area contributed by atoms with E-state index >= 15 is 0 Å². The lowest BCUT2D eigenvalue weighted by Crippen LogP contribution is -2.28. The summed E-state index contributed by atoms with van der Waals surface area (Å²) in [6, 6.07) is 5.27. The second-order valence-corrected chi connectivity index (χ2v) is 4.69. The second kappa shape index (κ2) is 6.99. The molecule has 0 atom stereocenters. The lowest BCUT2D eigenvalue weighted by molar-refractivity contribution is 0.325. The maximum Gasteiger partial charge on any atom is 0.137 e. The lowest BCUT2D eigenvalue weighted by atomic mass is 10.2. The van der Waals surface area contributed by atoms with E-state index in [1.807, 2.05) is 13.1 Å². The van der Waals surface area contributed by atoms with Crippen LogP contribution in [-0.4, -0.2) is 31.6 Å². The molecule has 0 spiro atoms. The van der Waals surface area contributed by atoms with Crippen LogP contribution in [0.25, 0.3) is 0 Å². The van der Waals surface area contributed by atoms with Crippen LogP contribution < -0.4 is 5.32 Å². The van der Waals surface area contributed by atoms with Gasteiger partial charge in [0.15, 0.2) is 0 Å². The van der Waals surface area contributed by atoms with Crippen LogP contribution >= 0.6 is 15.9 Å². The zero-order valence-electron chi connectivity index (χ0n) is 9.76. The number of hydrogen-bond donors (Lipinski definition) is 1. The van der Waals surface area contributed by atoms with Crippen molar-refractivity contribution < 1.29 is 4.39 Å². The minimum Gasteiger partial charge on any atom is -0.316 e. The first-order valence-corrected chi connectivity index (χ1v) is 6.26. The Kier molecular flexibility index (Phi) is 5.95. The van der Waals surface area contributed by atoms with Crippen molar-refractivity contribution in [3.05, 3.63) is 34.1 Å². The van der Waals surface area contributed by atoms with Crippen molar-refractivity contribution >= 4 is 15.9 Å². The molecule has 2 nitrogen and oxygen atoms in total. The first-order chi connectivity index (χ1) is 7.63. The molecule has 0 bridgehead atoms. The van der Waals surface area contributed by atoms with Gasteiger partial charge in [-0.1, -0.05) is 13.0 Å². The van der Waals surface area contributed by atoms with Gasteiger partial charge >= 0.3 is 0 Å². The van der Waals surface area contributed by atoms with E-state index in [0.29, 0.717) is 4.47 Å². The molecule has 0 saturated carbocycles. The normalized spacial score (nSPS) is 11.1. The van der Waals surface area contributed by atoms with E-state index in [0.717, 1.165) is 31.7 Å². The summed E-state index contributed by atoms with van der Waals surface area (Å²) in [5.41, 5.74) is 1.000. The Labute approximate surface area is 105 Å². The van der Waals surface area contributed by atoms with Gasteiger partial charge in [-0.15, -0.1) is 0 Å². The molecule has 0 heterocycles. The van der Waals surface area contributed by atoms with Crippen LogP contribution in [-0.2, 0) is 6.54 Å². The van der Waals surface area contributed by atoms with Crippen LogP contribution in [0.1, 0.15) is 12.5 Å². The Morgan fingerprint density at radius 1 is 1.44 bits per heavy atom. The number of nitrogens with one attached hydrogen (secondary N) is 1. The summed E-state index contributed by atoms with van der Waals surface area (Å²) in [5.74, 6) is -0.197. The average Bonchev–Trinajstić information content (AvgIpc) is 2.24. The van der Waals surface area contributed by atoms with Gasteiger partial charge < -0.3 is 10.2 Å². The predicted octanol–water partition coefficient (Wildman–Crippen LogP) is 2.63. The highest BCUT2D eigenvalue weighted by Crippen LogP contribution is 2.16. The van der Waals surface area contributed by atoms with Crippen LogP contribution in [0.3, 0.4) is 0 Å². The third kappa shape index (κ3) is 4.60. The molecule has 4 heteroatoms. The zero-order valence-corrected chi connectivity index (χ0v) is 11.3. The molecule has 1 aromatic rings. The highest BCUT2D eigenvalue weighted by molar-refractivity contribution is 9.10. The highest BCUT2D eigenvalue weighted by Gasteiger charge is 2.03. The lowest BCUT2D eigenvalue weighted by Gasteiger charge is -2.16. The fourth-order valence-electron chi connectivity index (χ4n) is 1.48. The first-order valence-electron chi connectivity index (χ1n) is 5.46. The van der Waals surface area contributed by atoms with Crippen molar-refractivity contribution in [1.29, 1.82) is 0 Å². The molecule has 90 valence electrons. The molecular weight excluding hydrogens is 271 g/mol. The Bertz CT molecular complexity index is 331. The molecule has 0 aromatic heterocycles. The number of halogens is 2. The summed E-state index contributed by atoms with van der Waals surface area (Å²) < 4.78 is 13.8. The minimum atomic E-state index is -0.197. The van der Waals surface area contributed by atoms with E-state index < -0.39 is 0 Å². The van der Waals surface area contributed by atoms with Crippen molar-refractivity contribution in [3.63, 3.8) is 0 Å². The maximum absolute atomic E-state index is 13.3. The molecule has 0 amide bonds. The first kappa shape index (κ1) is 13.6. The zero-order chi connectivity index (χ0) is 12.0. The summed E-state index contributed by atoms with van der Waals surface area (Å²) in [6.45, 7) is 5.78. The third-order valence-electron chi connectivity index (χ3n) is 2.36. The Hall–Kier alpha value is -0.450. The molecule has 0 aliphatic rings. The van der Waals surface area contributed by atoms with Crippen LogP contribution in [0.15, 0.2) is 22.7 Å². The van der Waals surface area contributed by atoms with E-state index in [4.69, 9.17) is 0 Å². The Balaban J connectivity index is 2.43. The Morgan fingerprint density at radius 2 is 2.19 bits per heavy atom. The molecule has 1 N–H and O–H groups in total. The highest BCUT2D eigenvalue weighted by atomic mass is 79.9. The average molecular weight is 289 g/mol. The van der Waals surface area contributed by atoms with Crippen LogP contribution in [0.2, 0.25) is 0 Å². The molecule has 0 fully saturated rings. The summed E-state index contributed by atoms with van der Waals surface area (Å²) in [7, 11) is 2.04. The summed E-state index contributed by atoms with van der Waals surface area (Å²) >= 11 is 3.15. The fraction of sp³-hybridized carbons (Fsp3) is 0.500. The van der Waals surface area contributed by atoms with Crippen molar-refractivity contribution in [1.82, 2.24) is 10.2 Å². The topological polar surface area (TPSA) is 15.3 Å². The van der Waals surface area contributed by atoms with Gasteiger partial charge in [-0.25, -0.2) is 4.39 Å². The van der Waals surface area contributed by atoms with Crippen LogP contribution in [0.4, 0.5) is 4.39 Å². The molecular formula is C12H18BrFN2. The fourth-order valence-corrected chi connectivity index (χ4v) is 1.72. The van der Waals surface area contributed by atoms with Gasteiger partial charge in [-0.2, -0.15) is 0 Å². The summed E-state index contributed by atoms with van der Waals surface area (Å²) in [5, 5.41) is 3.26. The SMILES string of the molecule is CCNCCN(C)Cc1ccc(Br)c(F)c1. The molecule has 16 heavy (non-hydrogen) atoms. The van der Waals surface area contributed by atoms with Gasteiger partial charge in [0, 0.05) is 19.6 Å². The number of hydrogen-bond acceptors (Lipinski definition) is 2. The van der Waals surface area contributed by atoms with Gasteiger partial charge in [0.25, 0.3) is 0 Å². The van der Waals surface area contributed by atoms with Crippen molar-refractivity contribution in [3.8, 4) is 0 Å². The van der Waals surface area contributed by atoms with E-state index in [1.165, 1.54) is 0 Å². The maximum atomic E-state index is 13.3. The molecule has 0 unspecified atom stereocenters. The number of rotatable bonds is 6. The van der Waals surface area contributed by atoms with Crippen molar-refractivity contribution in [2.24, 2.45) is 0 Å². The second-order valence-electron chi connectivity index (χ2n) is 3.84. The quantitative estimate of drug-likeness (QED) is 0.810. The monoisotopic (exact) mass is 288 g/mol. The number of benzene rings is 1. The van der Waals surface area contributed by atoms with Crippen LogP contribution in [0, 0.1) is 5.82 Å². The van der Waals surface area contributed by atoms with E-state index in [2.05, 4.69) is 33.1 Å². The molecule has 0 aliphatic heterocycles. The van der Waals surface area contributed by atoms with Gasteiger partial charge in [-0.3, -0.25) is 0 Å². The largest absolute Gasteiger partial charge is 0.316 e. The molecule has 0 aliphatic carbocycles. The van der Waals surface area contributed by atoms with E-state index in [1.54, 1.807) is 12.1 Å². The third-order valence-corrected chi connectivity index (χ3v) is 3.00. The Morgan fingerprint density at radius 3 is 2.81 bits per heavy atom. The van der Waals surface area contributed by atoms with Gasteiger partial charge in [0.1, 0.15) is 5.82 Å².